The number of aromatic nitrogens is 1. The summed E-state index contributed by atoms with van der Waals surface area (Å²) in [6, 6.07) is 18.1. The van der Waals surface area contributed by atoms with Gasteiger partial charge in [0.1, 0.15) is 42.1 Å². The highest BCUT2D eigenvalue weighted by Crippen LogP contribution is 2.44. The molecule has 4 aromatic rings. The molecule has 0 spiro atoms. The van der Waals surface area contributed by atoms with Crippen LogP contribution in [0.1, 0.15) is 65.7 Å². The number of pyridine rings is 1. The smallest absolute Gasteiger partial charge is 0.339 e. The van der Waals surface area contributed by atoms with E-state index in [9.17, 15) is 30.2 Å². The van der Waals surface area contributed by atoms with Crippen LogP contribution in [0, 0.1) is 18.3 Å². The molecule has 2 aliphatic rings. The van der Waals surface area contributed by atoms with E-state index < -0.39 is 29.7 Å². The Balaban J connectivity index is 1.17. The highest BCUT2D eigenvalue weighted by atomic mass is 35.5. The number of ether oxygens (including phenoxy) is 4. The molecule has 1 aromatic heterocycles. The minimum Gasteiger partial charge on any atom is -0.493 e. The van der Waals surface area contributed by atoms with Gasteiger partial charge in [0.05, 0.1) is 30.4 Å². The number of fused-ring (bicyclic) bond motifs is 1. The second kappa shape index (κ2) is 18.4. The van der Waals surface area contributed by atoms with E-state index in [2.05, 4.69) is 34.6 Å². The number of carbonyl (C=O) groups excluding carboxylic acids is 1. The lowest BCUT2D eigenvalue weighted by Crippen LogP contribution is -2.44. The SMILES string of the molecule is COC(=O)C1(O)CCN(CCCOc2cccc(-c3cccc4c3CC[C@@H]4Oc3cc(OCc4cncc(C#N)c4)c(CN[C@H](C(=O)O)[C@@H](C)O)cc3Cl)c2C)C1. The molecule has 300 valence electrons. The first kappa shape index (κ1) is 41.4. The van der Waals surface area contributed by atoms with Gasteiger partial charge in [-0.2, -0.15) is 5.26 Å². The quantitative estimate of drug-likeness (QED) is 0.0774. The summed E-state index contributed by atoms with van der Waals surface area (Å²) in [4.78, 5) is 29.9. The van der Waals surface area contributed by atoms with Gasteiger partial charge >= 0.3 is 11.9 Å². The van der Waals surface area contributed by atoms with Crippen molar-refractivity contribution >= 4 is 23.5 Å². The third-order valence-electron chi connectivity index (χ3n) is 10.5. The molecule has 1 aliphatic carbocycles. The average Bonchev–Trinajstić information content (AvgIpc) is 3.80. The van der Waals surface area contributed by atoms with Crippen LogP contribution in [0.4, 0.5) is 0 Å². The molecule has 4 atom stereocenters. The number of aliphatic hydroxyl groups excluding tert-OH is 1. The van der Waals surface area contributed by atoms with Crippen LogP contribution in [0.2, 0.25) is 5.02 Å². The van der Waals surface area contributed by atoms with Crippen molar-refractivity contribution in [2.75, 3.05) is 33.4 Å². The summed E-state index contributed by atoms with van der Waals surface area (Å²) in [5.74, 6) is -0.220. The second-order valence-corrected chi connectivity index (χ2v) is 14.9. The number of benzene rings is 3. The van der Waals surface area contributed by atoms with Gasteiger partial charge in [-0.3, -0.25) is 20.0 Å². The molecule has 13 nitrogen and oxygen atoms in total. The van der Waals surface area contributed by atoms with Gasteiger partial charge in [-0.25, -0.2) is 4.79 Å². The van der Waals surface area contributed by atoms with Crippen molar-refractivity contribution in [2.24, 2.45) is 0 Å². The van der Waals surface area contributed by atoms with Crippen LogP contribution in [0.25, 0.3) is 11.1 Å². The first-order valence-electron chi connectivity index (χ1n) is 18.9. The van der Waals surface area contributed by atoms with Crippen LogP contribution in [-0.2, 0) is 33.9 Å². The molecular weight excluding hydrogens is 752 g/mol. The number of likely N-dealkylation sites (tertiary alicyclic amines) is 1. The molecule has 2 heterocycles. The molecule has 1 saturated heterocycles. The number of nitrogens with zero attached hydrogens (tertiary/aromatic N) is 3. The van der Waals surface area contributed by atoms with Crippen molar-refractivity contribution in [3.63, 3.8) is 0 Å². The number of carboxylic acid groups (broad SMARTS) is 1. The third-order valence-corrected chi connectivity index (χ3v) is 10.8. The lowest BCUT2D eigenvalue weighted by Gasteiger charge is -2.21. The predicted octanol–water partition coefficient (Wildman–Crippen LogP) is 5.53. The molecule has 57 heavy (non-hydrogen) atoms. The van der Waals surface area contributed by atoms with Crippen molar-refractivity contribution in [2.45, 2.75) is 76.5 Å². The normalized spacial score (nSPS) is 18.6. The van der Waals surface area contributed by atoms with Crippen molar-refractivity contribution < 1.29 is 43.9 Å². The van der Waals surface area contributed by atoms with Crippen molar-refractivity contribution in [1.82, 2.24) is 15.2 Å². The van der Waals surface area contributed by atoms with Gasteiger partial charge in [0.15, 0.2) is 5.60 Å². The number of methoxy groups -OCH3 is 1. The van der Waals surface area contributed by atoms with Gasteiger partial charge in [0.25, 0.3) is 0 Å². The molecule has 14 heteroatoms. The van der Waals surface area contributed by atoms with E-state index in [0.29, 0.717) is 65.8 Å². The fraction of sp³-hybridized carbons (Fsp3) is 0.395. The number of nitrogens with one attached hydrogen (secondary N) is 1. The summed E-state index contributed by atoms with van der Waals surface area (Å²) in [5, 5.41) is 42.7. The number of nitriles is 1. The first-order valence-corrected chi connectivity index (χ1v) is 19.3. The molecule has 0 bridgehead atoms. The molecule has 6 rings (SSSR count). The highest BCUT2D eigenvalue weighted by Gasteiger charge is 2.43. The number of halogens is 1. The van der Waals surface area contributed by atoms with Crippen LogP contribution < -0.4 is 19.5 Å². The topological polar surface area (TPSA) is 184 Å². The summed E-state index contributed by atoms with van der Waals surface area (Å²) >= 11 is 6.82. The summed E-state index contributed by atoms with van der Waals surface area (Å²) < 4.78 is 23.8. The molecule has 0 saturated carbocycles. The number of esters is 1. The zero-order valence-electron chi connectivity index (χ0n) is 32.2. The van der Waals surface area contributed by atoms with Gasteiger partial charge in [-0.05, 0) is 79.1 Å². The Morgan fingerprint density at radius 1 is 1.11 bits per heavy atom. The van der Waals surface area contributed by atoms with E-state index in [1.54, 1.807) is 24.4 Å². The Labute approximate surface area is 336 Å². The maximum atomic E-state index is 12.0. The predicted molar refractivity (Wildman–Crippen MR) is 211 cm³/mol. The number of hydrogen-bond donors (Lipinski definition) is 4. The lowest BCUT2D eigenvalue weighted by molar-refractivity contribution is -0.160. The Bertz CT molecular complexity index is 2140. The zero-order chi connectivity index (χ0) is 40.7. The Hall–Kier alpha value is -5.23. The van der Waals surface area contributed by atoms with Gasteiger partial charge < -0.3 is 34.3 Å². The van der Waals surface area contributed by atoms with E-state index in [4.69, 9.17) is 30.5 Å². The lowest BCUT2D eigenvalue weighted by atomic mass is 9.93. The average molecular weight is 799 g/mol. The number of carbonyl (C=O) groups is 2. The fourth-order valence-electron chi connectivity index (χ4n) is 7.51. The van der Waals surface area contributed by atoms with Crippen LogP contribution in [0.3, 0.4) is 0 Å². The van der Waals surface area contributed by atoms with Gasteiger partial charge in [-0.15, -0.1) is 0 Å². The summed E-state index contributed by atoms with van der Waals surface area (Å²) in [6.45, 7) is 5.58. The summed E-state index contributed by atoms with van der Waals surface area (Å²) in [5.41, 5.74) is 5.54. The number of aliphatic carboxylic acids is 1. The molecule has 1 unspecified atom stereocenters. The van der Waals surface area contributed by atoms with Crippen LogP contribution in [0.5, 0.6) is 17.2 Å². The highest BCUT2D eigenvalue weighted by molar-refractivity contribution is 6.32. The van der Waals surface area contributed by atoms with Crippen molar-refractivity contribution in [3.8, 4) is 34.4 Å². The Morgan fingerprint density at radius 2 is 1.89 bits per heavy atom. The Morgan fingerprint density at radius 3 is 2.65 bits per heavy atom. The van der Waals surface area contributed by atoms with E-state index in [-0.39, 0.29) is 25.8 Å². The number of rotatable bonds is 17. The zero-order valence-corrected chi connectivity index (χ0v) is 32.9. The van der Waals surface area contributed by atoms with Gasteiger partial charge in [-0.1, -0.05) is 41.9 Å². The largest absolute Gasteiger partial charge is 0.493 e. The van der Waals surface area contributed by atoms with Gasteiger partial charge in [0, 0.05) is 62.2 Å². The number of hydrogen-bond acceptors (Lipinski definition) is 12. The minimum absolute atomic E-state index is 0.0330. The van der Waals surface area contributed by atoms with Crippen LogP contribution >= 0.6 is 11.6 Å². The molecule has 3 aromatic carbocycles. The van der Waals surface area contributed by atoms with E-state index in [0.717, 1.165) is 40.8 Å². The van der Waals surface area contributed by atoms with Crippen LogP contribution in [0.15, 0.2) is 67.0 Å². The molecule has 1 fully saturated rings. The third kappa shape index (κ3) is 9.67. The maximum Gasteiger partial charge on any atom is 0.339 e. The molecule has 4 N–H and O–H groups in total. The minimum atomic E-state index is -1.45. The fourth-order valence-corrected chi connectivity index (χ4v) is 7.74. The molecule has 0 amide bonds. The first-order chi connectivity index (χ1) is 27.4. The summed E-state index contributed by atoms with van der Waals surface area (Å²) in [6.07, 6.45) is 4.16. The molecule has 0 radical (unpaired) electrons. The van der Waals surface area contributed by atoms with Crippen LogP contribution in [-0.4, -0.2) is 88.2 Å². The van der Waals surface area contributed by atoms with E-state index in [1.807, 2.05) is 30.0 Å². The number of β-amino-alcohol motifs (C(OH)–C–C–N with tert-alkyl or cyclic N) is 1. The van der Waals surface area contributed by atoms with Gasteiger partial charge in [0.2, 0.25) is 0 Å². The number of carboxylic acids is 1. The van der Waals surface area contributed by atoms with E-state index >= 15 is 0 Å². The standard InChI is InChI=1S/C43H47ClN4O9/c1-26-31(7-5-10-36(26)55-16-6-14-48-15-13-43(53,25-48)42(52)54-3)32-8-4-9-34-33(32)11-12-37(34)57-39-19-38(56-24-29-17-28(20-45)21-46-22-29)30(18-35(39)44)23-47-40(27(2)49)41(50)51/h4-5,7-10,17-19,21-22,27,37,40,47,49,53H,6,11-16,23-25H2,1-3H3,(H,50,51)/t27-,37+,40+,43?/m1/s1. The van der Waals surface area contributed by atoms with E-state index in [1.165, 1.54) is 25.8 Å². The molecule has 1 aliphatic heterocycles. The van der Waals surface area contributed by atoms with Crippen molar-refractivity contribution in [1.29, 1.82) is 5.26 Å². The van der Waals surface area contributed by atoms with Crippen molar-refractivity contribution in [3.05, 3.63) is 105 Å². The Kier molecular flexibility index (Phi) is 13.3. The molecular formula is C43H47ClN4O9. The second-order valence-electron chi connectivity index (χ2n) is 14.5. The monoisotopic (exact) mass is 798 g/mol. The summed E-state index contributed by atoms with van der Waals surface area (Å²) in [7, 11) is 1.29. The maximum absolute atomic E-state index is 12.0. The number of aliphatic hydroxyl groups is 2.